The van der Waals surface area contributed by atoms with Crippen LogP contribution in [0.25, 0.3) is 0 Å². The van der Waals surface area contributed by atoms with E-state index in [0.717, 1.165) is 109 Å². The summed E-state index contributed by atoms with van der Waals surface area (Å²) in [7, 11) is 0. The lowest BCUT2D eigenvalue weighted by Gasteiger charge is -2.20. The number of nitrogens with one attached hydrogen (secondary N) is 1. The van der Waals surface area contributed by atoms with E-state index in [-0.39, 0.29) is 12.5 Å². The molecule has 4 heteroatoms. The van der Waals surface area contributed by atoms with Gasteiger partial charge in [0, 0.05) is 6.42 Å². The van der Waals surface area contributed by atoms with Crippen LogP contribution >= 0.6 is 0 Å². The third-order valence-corrected chi connectivity index (χ3v) is 11.8. The minimum atomic E-state index is -0.858. The molecule has 0 fully saturated rings. The largest absolute Gasteiger partial charge is 0.394 e. The topological polar surface area (TPSA) is 69.6 Å². The molecule has 0 aromatic carbocycles. The molecular weight excluding hydrogens is 831 g/mol. The fourth-order valence-electron chi connectivity index (χ4n) is 7.59. The minimum Gasteiger partial charge on any atom is -0.394 e. The van der Waals surface area contributed by atoms with E-state index in [4.69, 9.17) is 0 Å². The third-order valence-electron chi connectivity index (χ3n) is 11.8. The zero-order valence-electron chi connectivity index (χ0n) is 44.1. The number of allylic oxidation sites excluding steroid dienone is 23. The zero-order chi connectivity index (χ0) is 49.2. The Morgan fingerprint density at radius 1 is 0.368 bits per heavy atom. The van der Waals surface area contributed by atoms with Crippen LogP contribution in [0, 0.1) is 0 Å². The van der Waals surface area contributed by atoms with E-state index in [1.807, 2.05) is 6.08 Å². The van der Waals surface area contributed by atoms with Crippen LogP contribution in [0.1, 0.15) is 232 Å². The number of hydrogen-bond donors (Lipinski definition) is 3. The number of rotatable bonds is 49. The highest BCUT2D eigenvalue weighted by Gasteiger charge is 2.18. The summed E-state index contributed by atoms with van der Waals surface area (Å²) in [6, 6.07) is -0.643. The molecule has 0 aliphatic carbocycles. The number of hydrogen-bond acceptors (Lipinski definition) is 3. The summed E-state index contributed by atoms with van der Waals surface area (Å²) in [6.07, 6.45) is 91.3. The predicted molar refractivity (Wildman–Crippen MR) is 303 cm³/mol. The molecule has 0 saturated heterocycles. The van der Waals surface area contributed by atoms with Gasteiger partial charge in [0.05, 0.1) is 18.8 Å². The molecule has 1 amide bonds. The highest BCUT2D eigenvalue weighted by atomic mass is 16.3. The molecule has 0 aromatic heterocycles. The molecule has 0 radical (unpaired) electrons. The van der Waals surface area contributed by atoms with Crippen molar-refractivity contribution in [2.45, 2.75) is 244 Å². The Kier molecular flexibility index (Phi) is 54.4. The summed E-state index contributed by atoms with van der Waals surface area (Å²) in [5, 5.41) is 23.1. The van der Waals surface area contributed by atoms with Crippen molar-refractivity contribution in [2.24, 2.45) is 0 Å². The summed E-state index contributed by atoms with van der Waals surface area (Å²) >= 11 is 0. The van der Waals surface area contributed by atoms with E-state index in [1.54, 1.807) is 6.08 Å². The van der Waals surface area contributed by atoms with Gasteiger partial charge in [-0.15, -0.1) is 0 Å². The molecule has 2 unspecified atom stereocenters. The van der Waals surface area contributed by atoms with Crippen molar-refractivity contribution in [3.8, 4) is 0 Å². The minimum absolute atomic E-state index is 0.0884. The van der Waals surface area contributed by atoms with Crippen LogP contribution in [0.3, 0.4) is 0 Å². The first-order valence-corrected chi connectivity index (χ1v) is 28.0. The summed E-state index contributed by atoms with van der Waals surface area (Å²) in [4.78, 5) is 12.5. The molecular formula is C64H105NO3. The van der Waals surface area contributed by atoms with Gasteiger partial charge >= 0.3 is 0 Å². The molecule has 0 aliphatic rings. The molecule has 0 bridgehead atoms. The number of carbonyl (C=O) groups is 1. The molecule has 0 heterocycles. The van der Waals surface area contributed by atoms with Crippen molar-refractivity contribution in [1.82, 2.24) is 5.32 Å². The summed E-state index contributed by atoms with van der Waals surface area (Å²) in [6.45, 7) is 4.18. The molecule has 68 heavy (non-hydrogen) atoms. The first-order valence-electron chi connectivity index (χ1n) is 28.0. The third kappa shape index (κ3) is 53.2. The van der Waals surface area contributed by atoms with Crippen LogP contribution in [-0.4, -0.2) is 34.9 Å². The van der Waals surface area contributed by atoms with Crippen molar-refractivity contribution < 1.29 is 15.0 Å². The summed E-state index contributed by atoms with van der Waals surface area (Å²) in [5.74, 6) is -0.0884. The monoisotopic (exact) mass is 936 g/mol. The summed E-state index contributed by atoms with van der Waals surface area (Å²) in [5.41, 5.74) is 0. The van der Waals surface area contributed by atoms with Crippen LogP contribution in [0.2, 0.25) is 0 Å². The van der Waals surface area contributed by atoms with Crippen LogP contribution in [0.4, 0.5) is 0 Å². The van der Waals surface area contributed by atoms with Gasteiger partial charge in [-0.1, -0.05) is 269 Å². The Hall–Kier alpha value is -3.73. The Morgan fingerprint density at radius 3 is 0.971 bits per heavy atom. The lowest BCUT2D eigenvalue weighted by atomic mass is 10.0. The average molecular weight is 937 g/mol. The van der Waals surface area contributed by atoms with E-state index in [9.17, 15) is 15.0 Å². The molecule has 0 aromatic rings. The lowest BCUT2D eigenvalue weighted by molar-refractivity contribution is -0.123. The van der Waals surface area contributed by atoms with Crippen LogP contribution < -0.4 is 5.32 Å². The second kappa shape index (κ2) is 57.6. The average Bonchev–Trinajstić information content (AvgIpc) is 3.34. The number of aliphatic hydroxyl groups is 2. The lowest BCUT2D eigenvalue weighted by Crippen LogP contribution is -2.45. The van der Waals surface area contributed by atoms with Gasteiger partial charge in [0.25, 0.3) is 0 Å². The van der Waals surface area contributed by atoms with E-state index < -0.39 is 12.1 Å². The number of carbonyl (C=O) groups excluding carboxylic acids is 1. The maximum atomic E-state index is 12.5. The van der Waals surface area contributed by atoms with Gasteiger partial charge in [0.1, 0.15) is 0 Å². The molecule has 0 aliphatic heterocycles. The molecule has 0 rings (SSSR count). The molecule has 3 N–H and O–H groups in total. The highest BCUT2D eigenvalue weighted by Crippen LogP contribution is 2.14. The fraction of sp³-hybridized carbons (Fsp3) is 0.609. The van der Waals surface area contributed by atoms with E-state index in [0.29, 0.717) is 6.42 Å². The Labute approximate surface area is 421 Å². The molecule has 0 spiro atoms. The SMILES string of the molecule is CC/C=C\C/C=C\C/C=C\C/C=C\C/C=C\C/C=C\C/C=C\C/C=C\C/C=C\C/C=C\C/C=C\CCCCCCCC(=O)NC(CO)C(O)/C=C/CCCCCCCCCCCCCCCCC. The number of aliphatic hydroxyl groups excluding tert-OH is 2. The van der Waals surface area contributed by atoms with Crippen LogP contribution in [0.15, 0.2) is 146 Å². The van der Waals surface area contributed by atoms with Gasteiger partial charge in [-0.3, -0.25) is 4.79 Å². The van der Waals surface area contributed by atoms with E-state index >= 15 is 0 Å². The standard InChI is InChI=1S/C64H105NO3/c1-3-5-7-9-11-13-15-17-19-21-22-23-24-25-26-27-28-29-30-31-32-33-34-35-36-37-38-39-40-41-42-44-46-48-50-52-54-56-58-60-64(68)65-62(61-66)63(67)59-57-55-53-51-49-47-45-43-20-18-16-14-12-10-8-6-4-2/h5,7,11,13,17,19,22-23,25-26,28-29,31-32,34-35,37-38,40-41,44,46,57,59,62-63,66-67H,3-4,6,8-10,12,14-16,18,20-21,24,27,30,33,36,39,42-43,45,47-56,58,60-61H2,1-2H3,(H,65,68)/b7-5-,13-11-,19-17-,23-22-,26-25-,29-28-,32-31-,35-34-,38-37-,41-40-,46-44-,59-57+. The van der Waals surface area contributed by atoms with Gasteiger partial charge in [-0.25, -0.2) is 0 Å². The molecule has 0 saturated carbocycles. The van der Waals surface area contributed by atoms with Crippen LogP contribution in [0.5, 0.6) is 0 Å². The summed E-state index contributed by atoms with van der Waals surface area (Å²) < 4.78 is 0. The fourth-order valence-corrected chi connectivity index (χ4v) is 7.59. The Morgan fingerprint density at radius 2 is 0.647 bits per heavy atom. The normalized spacial score (nSPS) is 14.0. The van der Waals surface area contributed by atoms with Crippen LogP contribution in [-0.2, 0) is 4.79 Å². The van der Waals surface area contributed by atoms with Crippen molar-refractivity contribution in [3.63, 3.8) is 0 Å². The van der Waals surface area contributed by atoms with Gasteiger partial charge in [-0.2, -0.15) is 0 Å². The van der Waals surface area contributed by atoms with Crippen molar-refractivity contribution in [2.75, 3.05) is 6.61 Å². The Balaban J connectivity index is 3.69. The molecule has 4 nitrogen and oxygen atoms in total. The van der Waals surface area contributed by atoms with Gasteiger partial charge in [0.2, 0.25) is 5.91 Å². The van der Waals surface area contributed by atoms with E-state index in [2.05, 4.69) is 153 Å². The quantitative estimate of drug-likeness (QED) is 0.0420. The number of amides is 1. The second-order valence-electron chi connectivity index (χ2n) is 18.3. The predicted octanol–water partition coefficient (Wildman–Crippen LogP) is 18.8. The van der Waals surface area contributed by atoms with Crippen molar-refractivity contribution >= 4 is 5.91 Å². The maximum Gasteiger partial charge on any atom is 0.220 e. The van der Waals surface area contributed by atoms with Crippen molar-refractivity contribution in [3.05, 3.63) is 146 Å². The van der Waals surface area contributed by atoms with Crippen molar-refractivity contribution in [1.29, 1.82) is 0 Å². The zero-order valence-corrected chi connectivity index (χ0v) is 44.1. The molecule has 384 valence electrons. The first-order chi connectivity index (χ1) is 33.7. The second-order valence-corrected chi connectivity index (χ2v) is 18.3. The maximum absolute atomic E-state index is 12.5. The first kappa shape index (κ1) is 64.3. The number of unbranched alkanes of at least 4 members (excludes halogenated alkanes) is 20. The van der Waals surface area contributed by atoms with Gasteiger partial charge < -0.3 is 15.5 Å². The smallest absolute Gasteiger partial charge is 0.220 e. The highest BCUT2D eigenvalue weighted by molar-refractivity contribution is 5.76. The Bertz CT molecular complexity index is 1430. The van der Waals surface area contributed by atoms with Gasteiger partial charge in [0.15, 0.2) is 0 Å². The van der Waals surface area contributed by atoms with Gasteiger partial charge in [-0.05, 0) is 103 Å². The van der Waals surface area contributed by atoms with E-state index in [1.165, 1.54) is 103 Å². The molecule has 2 atom stereocenters.